The van der Waals surface area contributed by atoms with Crippen LogP contribution < -0.4 is 10.6 Å². The van der Waals surface area contributed by atoms with Gasteiger partial charge in [0.25, 0.3) is 5.91 Å². The fourth-order valence-corrected chi connectivity index (χ4v) is 3.32. The molecular formula is C22H20FN3O2S. The van der Waals surface area contributed by atoms with Crippen molar-refractivity contribution in [1.29, 1.82) is 0 Å². The number of thioether (sulfide) groups is 1. The summed E-state index contributed by atoms with van der Waals surface area (Å²) < 4.78 is 12.9. The average molecular weight is 409 g/mol. The number of hydrogen-bond donors (Lipinski definition) is 2. The molecule has 0 spiro atoms. The maximum atomic E-state index is 12.9. The van der Waals surface area contributed by atoms with Crippen LogP contribution in [0.2, 0.25) is 0 Å². The number of benzene rings is 2. The van der Waals surface area contributed by atoms with Crippen molar-refractivity contribution in [1.82, 2.24) is 10.3 Å². The number of rotatable bonds is 8. The minimum atomic E-state index is -0.341. The molecule has 0 aliphatic carbocycles. The summed E-state index contributed by atoms with van der Waals surface area (Å²) in [5, 5.41) is 5.58. The Hall–Kier alpha value is -3.19. The fraction of sp³-hybridized carbons (Fsp3) is 0.136. The van der Waals surface area contributed by atoms with E-state index in [1.165, 1.54) is 36.0 Å². The van der Waals surface area contributed by atoms with Gasteiger partial charge >= 0.3 is 0 Å². The van der Waals surface area contributed by atoms with E-state index in [1.807, 2.05) is 24.3 Å². The van der Waals surface area contributed by atoms with Gasteiger partial charge in [-0.1, -0.05) is 18.2 Å². The molecule has 0 unspecified atom stereocenters. The van der Waals surface area contributed by atoms with Gasteiger partial charge in [-0.3, -0.25) is 14.6 Å². The molecule has 0 saturated heterocycles. The first kappa shape index (κ1) is 20.5. The average Bonchev–Trinajstić information content (AvgIpc) is 2.75. The number of amides is 2. The number of anilines is 1. The maximum Gasteiger partial charge on any atom is 0.251 e. The predicted molar refractivity (Wildman–Crippen MR) is 113 cm³/mol. The smallest absolute Gasteiger partial charge is 0.251 e. The van der Waals surface area contributed by atoms with Crippen molar-refractivity contribution in [2.45, 2.75) is 12.3 Å². The van der Waals surface area contributed by atoms with E-state index in [-0.39, 0.29) is 23.4 Å². The van der Waals surface area contributed by atoms with Crippen LogP contribution in [0.1, 0.15) is 21.5 Å². The lowest BCUT2D eigenvalue weighted by molar-refractivity contribution is -0.113. The highest BCUT2D eigenvalue weighted by molar-refractivity contribution is 7.99. The number of nitrogens with zero attached hydrogens (tertiary/aromatic N) is 1. The zero-order valence-corrected chi connectivity index (χ0v) is 16.4. The summed E-state index contributed by atoms with van der Waals surface area (Å²) in [5.41, 5.74) is 3.11. The van der Waals surface area contributed by atoms with Crippen LogP contribution in [0.25, 0.3) is 0 Å². The Kier molecular flexibility index (Phi) is 7.35. The topological polar surface area (TPSA) is 71.1 Å². The van der Waals surface area contributed by atoms with Crippen molar-refractivity contribution in [2.75, 3.05) is 11.1 Å². The van der Waals surface area contributed by atoms with E-state index >= 15 is 0 Å². The van der Waals surface area contributed by atoms with E-state index in [0.29, 0.717) is 23.5 Å². The minimum absolute atomic E-state index is 0.145. The van der Waals surface area contributed by atoms with Crippen molar-refractivity contribution in [3.63, 3.8) is 0 Å². The van der Waals surface area contributed by atoms with E-state index in [1.54, 1.807) is 24.5 Å². The quantitative estimate of drug-likeness (QED) is 0.589. The highest BCUT2D eigenvalue weighted by Crippen LogP contribution is 2.15. The molecule has 1 aromatic heterocycles. The molecule has 0 atom stereocenters. The Morgan fingerprint density at radius 3 is 2.41 bits per heavy atom. The lowest BCUT2D eigenvalue weighted by atomic mass is 10.1. The van der Waals surface area contributed by atoms with E-state index in [2.05, 4.69) is 15.6 Å². The maximum absolute atomic E-state index is 12.9. The van der Waals surface area contributed by atoms with Crippen LogP contribution in [0.15, 0.2) is 73.1 Å². The highest BCUT2D eigenvalue weighted by Gasteiger charge is 2.07. The van der Waals surface area contributed by atoms with Gasteiger partial charge in [-0.05, 0) is 53.6 Å². The molecule has 2 amide bonds. The monoisotopic (exact) mass is 409 g/mol. The molecule has 29 heavy (non-hydrogen) atoms. The summed E-state index contributed by atoms with van der Waals surface area (Å²) in [7, 11) is 0. The molecule has 5 nitrogen and oxygen atoms in total. The molecule has 0 radical (unpaired) electrons. The van der Waals surface area contributed by atoms with Gasteiger partial charge in [-0.2, -0.15) is 0 Å². The van der Waals surface area contributed by atoms with Gasteiger partial charge in [-0.25, -0.2) is 4.39 Å². The zero-order valence-electron chi connectivity index (χ0n) is 15.6. The molecule has 0 fully saturated rings. The van der Waals surface area contributed by atoms with E-state index in [0.717, 1.165) is 11.1 Å². The summed E-state index contributed by atoms with van der Waals surface area (Å²) >= 11 is 1.47. The minimum Gasteiger partial charge on any atom is -0.348 e. The number of pyridine rings is 1. The van der Waals surface area contributed by atoms with Crippen molar-refractivity contribution < 1.29 is 14.0 Å². The van der Waals surface area contributed by atoms with Crippen molar-refractivity contribution in [2.24, 2.45) is 0 Å². The molecular weight excluding hydrogens is 389 g/mol. The molecule has 0 aliphatic heterocycles. The SMILES string of the molecule is O=C(CSCc1ccc(C(=O)NCc2cccnc2)cc1)Nc1ccc(F)cc1. The summed E-state index contributed by atoms with van der Waals surface area (Å²) in [4.78, 5) is 28.2. The molecule has 0 saturated carbocycles. The summed E-state index contributed by atoms with van der Waals surface area (Å²) in [5.74, 6) is 0.297. The second-order valence-electron chi connectivity index (χ2n) is 6.29. The van der Waals surface area contributed by atoms with Gasteiger partial charge in [0.2, 0.25) is 5.91 Å². The molecule has 2 N–H and O–H groups in total. The van der Waals surface area contributed by atoms with E-state index in [9.17, 15) is 14.0 Å². The standard InChI is InChI=1S/C22H20FN3O2S/c23-19-7-9-20(10-8-19)26-21(27)15-29-14-16-3-5-18(6-4-16)22(28)25-13-17-2-1-11-24-12-17/h1-12H,13-15H2,(H,25,28)(H,26,27). The third-order valence-corrected chi connectivity index (χ3v) is 5.03. The molecule has 3 rings (SSSR count). The van der Waals surface area contributed by atoms with Gasteiger partial charge in [0.15, 0.2) is 0 Å². The molecule has 2 aromatic carbocycles. The van der Waals surface area contributed by atoms with Crippen molar-refractivity contribution in [3.05, 3.63) is 95.6 Å². The van der Waals surface area contributed by atoms with Crippen molar-refractivity contribution in [3.8, 4) is 0 Å². The molecule has 7 heteroatoms. The zero-order chi connectivity index (χ0) is 20.5. The van der Waals surface area contributed by atoms with Crippen LogP contribution in [0.5, 0.6) is 0 Å². The van der Waals surface area contributed by atoms with Crippen LogP contribution in [-0.4, -0.2) is 22.6 Å². The van der Waals surface area contributed by atoms with Crippen LogP contribution in [0.3, 0.4) is 0 Å². The summed E-state index contributed by atoms with van der Waals surface area (Å²) in [6.45, 7) is 0.424. The van der Waals surface area contributed by atoms with Crippen LogP contribution in [0, 0.1) is 5.82 Å². The third kappa shape index (κ3) is 6.73. The number of aromatic nitrogens is 1. The number of carbonyl (C=O) groups excluding carboxylic acids is 2. The summed E-state index contributed by atoms with van der Waals surface area (Å²) in [6, 6.07) is 16.7. The first-order valence-corrected chi connectivity index (χ1v) is 10.1. The van der Waals surface area contributed by atoms with Gasteiger partial charge in [0.1, 0.15) is 5.82 Å². The fourth-order valence-electron chi connectivity index (χ4n) is 2.53. The number of nitrogens with one attached hydrogen (secondary N) is 2. The molecule has 0 bridgehead atoms. The third-order valence-electron chi connectivity index (χ3n) is 4.02. The lowest BCUT2D eigenvalue weighted by Crippen LogP contribution is -2.22. The largest absolute Gasteiger partial charge is 0.348 e. The van der Waals surface area contributed by atoms with E-state index in [4.69, 9.17) is 0 Å². The number of carbonyl (C=O) groups is 2. The van der Waals surface area contributed by atoms with Gasteiger partial charge in [0, 0.05) is 35.9 Å². The Morgan fingerprint density at radius 2 is 1.72 bits per heavy atom. The van der Waals surface area contributed by atoms with Gasteiger partial charge < -0.3 is 10.6 Å². The van der Waals surface area contributed by atoms with Crippen LogP contribution >= 0.6 is 11.8 Å². The van der Waals surface area contributed by atoms with E-state index < -0.39 is 0 Å². The molecule has 0 aliphatic rings. The Morgan fingerprint density at radius 1 is 0.966 bits per heavy atom. The second-order valence-corrected chi connectivity index (χ2v) is 7.27. The summed E-state index contributed by atoms with van der Waals surface area (Å²) in [6.07, 6.45) is 3.40. The number of hydrogen-bond acceptors (Lipinski definition) is 4. The predicted octanol–water partition coefficient (Wildman–Crippen LogP) is 4.02. The first-order valence-electron chi connectivity index (χ1n) is 8.99. The Bertz CT molecular complexity index is 948. The van der Waals surface area contributed by atoms with Crippen LogP contribution in [0.4, 0.5) is 10.1 Å². The normalized spacial score (nSPS) is 10.4. The molecule has 3 aromatic rings. The van der Waals surface area contributed by atoms with Gasteiger partial charge in [0.05, 0.1) is 5.75 Å². The second kappa shape index (κ2) is 10.4. The van der Waals surface area contributed by atoms with Gasteiger partial charge in [-0.15, -0.1) is 11.8 Å². The first-order chi connectivity index (χ1) is 14.1. The Balaban J connectivity index is 1.41. The highest BCUT2D eigenvalue weighted by atomic mass is 32.2. The van der Waals surface area contributed by atoms with Crippen LogP contribution in [-0.2, 0) is 17.1 Å². The number of halogens is 1. The Labute approximate surface area is 172 Å². The van der Waals surface area contributed by atoms with Crippen molar-refractivity contribution >= 4 is 29.3 Å². The lowest BCUT2D eigenvalue weighted by Gasteiger charge is -2.07. The molecule has 148 valence electrons. The molecule has 1 heterocycles.